The van der Waals surface area contributed by atoms with Gasteiger partial charge in [0.1, 0.15) is 23.4 Å². The summed E-state index contributed by atoms with van der Waals surface area (Å²) in [6.07, 6.45) is 9.00. The number of imide groups is 1. The first-order valence-corrected chi connectivity index (χ1v) is 17.9. The number of amides is 2. The quantitative estimate of drug-likeness (QED) is 0.249. The zero-order valence-electron chi connectivity index (χ0n) is 29.6. The molecule has 9 nitrogen and oxygen atoms in total. The lowest BCUT2D eigenvalue weighted by atomic mass is 9.85. The van der Waals surface area contributed by atoms with Gasteiger partial charge in [0.2, 0.25) is 11.8 Å². The molecule has 1 atom stereocenters. The summed E-state index contributed by atoms with van der Waals surface area (Å²) in [5.41, 5.74) is 4.66. The number of anilines is 2. The van der Waals surface area contributed by atoms with Crippen LogP contribution >= 0.6 is 0 Å². The molecule has 3 aliphatic heterocycles. The number of benzene rings is 2. The van der Waals surface area contributed by atoms with Crippen LogP contribution in [0, 0.1) is 37.3 Å². The molecule has 3 aliphatic rings. The molecule has 0 saturated carbocycles. The van der Waals surface area contributed by atoms with Gasteiger partial charge < -0.3 is 19.5 Å². The van der Waals surface area contributed by atoms with Crippen LogP contribution in [0.15, 0.2) is 41.3 Å². The number of nitrogens with zero attached hydrogens (tertiary/aromatic N) is 3. The Morgan fingerprint density at radius 2 is 1.56 bits per heavy atom. The normalized spacial score (nSPS) is 19.5. The van der Waals surface area contributed by atoms with Crippen LogP contribution in [0.2, 0.25) is 0 Å². The van der Waals surface area contributed by atoms with E-state index in [0.717, 1.165) is 63.0 Å². The standard InChI is InChI=1S/C39H49F2N5O4/c1-24-25(2)39(49)44(3)22-30(24)28-19-32(40)31(36(20-28)50-4)23-45-15-11-26(12-16-45)5-6-27-13-17-46(18-14-27)35-9-7-29(21-33(35)41)42-34-8-10-37(47)43-38(34)48/h7,9,19-22,26-27,34,42H,5-6,8,10-18,23H2,1-4H3,(H,43,47,48). The van der Waals surface area contributed by atoms with Gasteiger partial charge in [-0.25, -0.2) is 8.78 Å². The Kier molecular flexibility index (Phi) is 10.9. The van der Waals surface area contributed by atoms with E-state index in [2.05, 4.69) is 20.4 Å². The van der Waals surface area contributed by atoms with Gasteiger partial charge >= 0.3 is 0 Å². The number of aryl methyl sites for hydroxylation is 1. The maximum absolute atomic E-state index is 15.6. The molecule has 4 heterocycles. The van der Waals surface area contributed by atoms with Crippen LogP contribution in [0.4, 0.5) is 20.2 Å². The second kappa shape index (κ2) is 15.3. The predicted octanol–water partition coefficient (Wildman–Crippen LogP) is 6.08. The topological polar surface area (TPSA) is 95.9 Å². The molecule has 0 spiro atoms. The summed E-state index contributed by atoms with van der Waals surface area (Å²) in [7, 11) is 3.29. The van der Waals surface area contributed by atoms with Crippen molar-refractivity contribution in [1.29, 1.82) is 0 Å². The summed E-state index contributed by atoms with van der Waals surface area (Å²) >= 11 is 0. The van der Waals surface area contributed by atoms with Gasteiger partial charge in [0.15, 0.2) is 0 Å². The van der Waals surface area contributed by atoms with Crippen molar-refractivity contribution in [2.75, 3.05) is 43.5 Å². The van der Waals surface area contributed by atoms with Gasteiger partial charge in [-0.2, -0.15) is 0 Å². The average Bonchev–Trinajstić information content (AvgIpc) is 3.11. The van der Waals surface area contributed by atoms with Crippen LogP contribution in [0.3, 0.4) is 0 Å². The van der Waals surface area contributed by atoms with Crippen molar-refractivity contribution >= 4 is 23.2 Å². The van der Waals surface area contributed by atoms with Crippen LogP contribution in [0.5, 0.6) is 5.75 Å². The lowest BCUT2D eigenvalue weighted by Gasteiger charge is -2.36. The molecule has 1 unspecified atom stereocenters. The van der Waals surface area contributed by atoms with Gasteiger partial charge in [-0.1, -0.05) is 12.8 Å². The Hall–Kier alpha value is -4.25. The fourth-order valence-corrected chi connectivity index (χ4v) is 7.85. The summed E-state index contributed by atoms with van der Waals surface area (Å²) in [6, 6.07) is 7.93. The van der Waals surface area contributed by atoms with E-state index in [0.29, 0.717) is 58.6 Å². The summed E-state index contributed by atoms with van der Waals surface area (Å²) in [5, 5.41) is 5.38. The van der Waals surface area contributed by atoms with E-state index in [4.69, 9.17) is 4.74 Å². The largest absolute Gasteiger partial charge is 0.496 e. The third kappa shape index (κ3) is 7.88. The number of carbonyl (C=O) groups excluding carboxylic acids is 2. The Morgan fingerprint density at radius 1 is 0.880 bits per heavy atom. The number of aromatic nitrogens is 1. The monoisotopic (exact) mass is 689 g/mol. The lowest BCUT2D eigenvalue weighted by molar-refractivity contribution is -0.133. The molecule has 3 saturated heterocycles. The van der Waals surface area contributed by atoms with Crippen LogP contribution < -0.4 is 25.8 Å². The molecule has 3 aromatic rings. The van der Waals surface area contributed by atoms with Crippen molar-refractivity contribution in [2.45, 2.75) is 77.8 Å². The Labute approximate surface area is 293 Å². The average molecular weight is 690 g/mol. The van der Waals surface area contributed by atoms with Crippen molar-refractivity contribution in [3.05, 3.63) is 75.2 Å². The van der Waals surface area contributed by atoms with Gasteiger partial charge in [0.05, 0.1) is 12.8 Å². The molecule has 0 aliphatic carbocycles. The molecule has 50 heavy (non-hydrogen) atoms. The molecule has 2 N–H and O–H groups in total. The molecule has 0 radical (unpaired) electrons. The summed E-state index contributed by atoms with van der Waals surface area (Å²) in [6.45, 7) is 7.65. The number of pyridine rings is 1. The molecular weight excluding hydrogens is 640 g/mol. The Morgan fingerprint density at radius 3 is 2.20 bits per heavy atom. The van der Waals surface area contributed by atoms with Crippen molar-refractivity contribution in [3.63, 3.8) is 0 Å². The molecule has 6 rings (SSSR count). The Balaban J connectivity index is 0.957. The number of piperidine rings is 3. The molecule has 2 amide bonds. The minimum Gasteiger partial charge on any atom is -0.496 e. The van der Waals surface area contributed by atoms with Crippen molar-refractivity contribution in [3.8, 4) is 16.9 Å². The van der Waals surface area contributed by atoms with Gasteiger partial charge in [0.25, 0.3) is 5.56 Å². The van der Waals surface area contributed by atoms with Crippen molar-refractivity contribution in [2.24, 2.45) is 18.9 Å². The highest BCUT2D eigenvalue weighted by Gasteiger charge is 2.28. The van der Waals surface area contributed by atoms with Crippen molar-refractivity contribution in [1.82, 2.24) is 14.8 Å². The van der Waals surface area contributed by atoms with E-state index in [-0.39, 0.29) is 35.4 Å². The number of methoxy groups -OCH3 is 1. The number of carbonyl (C=O) groups is 2. The number of halogens is 2. The number of ether oxygens (including phenoxy) is 1. The number of hydrogen-bond donors (Lipinski definition) is 2. The highest BCUT2D eigenvalue weighted by atomic mass is 19.1. The van der Waals surface area contributed by atoms with Gasteiger partial charge in [-0.05, 0) is 112 Å². The van der Waals surface area contributed by atoms with Gasteiger partial charge in [-0.15, -0.1) is 0 Å². The van der Waals surface area contributed by atoms with E-state index in [1.165, 1.54) is 23.5 Å². The van der Waals surface area contributed by atoms with Crippen LogP contribution in [-0.4, -0.2) is 60.6 Å². The maximum atomic E-state index is 15.6. The maximum Gasteiger partial charge on any atom is 0.253 e. The number of likely N-dealkylation sites (tertiary alicyclic amines) is 1. The molecular formula is C39H49F2N5O4. The molecule has 268 valence electrons. The van der Waals surface area contributed by atoms with E-state index in [9.17, 15) is 14.4 Å². The second-order valence-electron chi connectivity index (χ2n) is 14.4. The smallest absolute Gasteiger partial charge is 0.253 e. The third-order valence-corrected chi connectivity index (χ3v) is 11.2. The summed E-state index contributed by atoms with van der Waals surface area (Å²) < 4.78 is 38.0. The first-order chi connectivity index (χ1) is 24.0. The SMILES string of the molecule is COc1cc(-c2cn(C)c(=O)c(C)c2C)cc(F)c1CN1CCC(CCC2CCN(c3ccc(NC4CCC(=O)NC4=O)cc3F)CC2)CC1. The van der Waals surface area contributed by atoms with Crippen molar-refractivity contribution < 1.29 is 23.1 Å². The van der Waals surface area contributed by atoms with E-state index in [1.54, 1.807) is 45.5 Å². The summed E-state index contributed by atoms with van der Waals surface area (Å²) in [5.74, 6) is 0.547. The zero-order valence-corrected chi connectivity index (χ0v) is 29.6. The fourth-order valence-electron chi connectivity index (χ4n) is 7.85. The first-order valence-electron chi connectivity index (χ1n) is 17.9. The predicted molar refractivity (Wildman–Crippen MR) is 191 cm³/mol. The number of rotatable bonds is 10. The number of hydrogen-bond acceptors (Lipinski definition) is 7. The fraction of sp³-hybridized carbons (Fsp3) is 0.513. The highest BCUT2D eigenvalue weighted by Crippen LogP contribution is 2.35. The number of nitrogens with one attached hydrogen (secondary N) is 2. The zero-order chi connectivity index (χ0) is 35.5. The summed E-state index contributed by atoms with van der Waals surface area (Å²) in [4.78, 5) is 40.3. The van der Waals surface area contributed by atoms with Crippen LogP contribution in [0.1, 0.15) is 68.1 Å². The lowest BCUT2D eigenvalue weighted by Crippen LogP contribution is -2.47. The molecule has 2 aromatic carbocycles. The van der Waals surface area contributed by atoms with Crippen LogP contribution in [-0.2, 0) is 23.2 Å². The molecule has 11 heteroatoms. The van der Waals surface area contributed by atoms with Gasteiger partial charge in [-0.3, -0.25) is 24.6 Å². The third-order valence-electron chi connectivity index (χ3n) is 11.2. The van der Waals surface area contributed by atoms with E-state index >= 15 is 8.78 Å². The molecule has 1 aromatic heterocycles. The minimum atomic E-state index is -0.542. The Bertz CT molecular complexity index is 1790. The van der Waals surface area contributed by atoms with E-state index < -0.39 is 6.04 Å². The van der Waals surface area contributed by atoms with E-state index in [1.807, 2.05) is 13.0 Å². The molecule has 3 fully saturated rings. The minimum absolute atomic E-state index is 0.0527. The van der Waals surface area contributed by atoms with Gasteiger partial charge in [0, 0.05) is 61.7 Å². The first kappa shape index (κ1) is 35.6. The van der Waals surface area contributed by atoms with Crippen LogP contribution in [0.25, 0.3) is 11.1 Å². The second-order valence-corrected chi connectivity index (χ2v) is 14.4. The molecule has 0 bridgehead atoms. The highest BCUT2D eigenvalue weighted by molar-refractivity contribution is 6.01.